The van der Waals surface area contributed by atoms with Crippen LogP contribution in [0.15, 0.2) is 12.1 Å². The average molecular weight is 374 g/mol. The Balaban J connectivity index is 2.21. The van der Waals surface area contributed by atoms with E-state index in [1.54, 1.807) is 0 Å². The van der Waals surface area contributed by atoms with Crippen molar-refractivity contribution >= 4 is 17.5 Å². The van der Waals surface area contributed by atoms with Gasteiger partial charge < -0.3 is 10.5 Å². The lowest BCUT2D eigenvalue weighted by Crippen LogP contribution is -2.51. The zero-order chi connectivity index (χ0) is 19.3. The van der Waals surface area contributed by atoms with Crippen LogP contribution < -0.4 is 10.6 Å². The number of amides is 2. The highest BCUT2D eigenvalue weighted by Gasteiger charge is 2.60. The minimum atomic E-state index is -3.05. The second-order valence-electron chi connectivity index (χ2n) is 6.70. The van der Waals surface area contributed by atoms with E-state index in [2.05, 4.69) is 0 Å². The second-order valence-corrected chi connectivity index (χ2v) is 6.70. The van der Waals surface area contributed by atoms with Crippen LogP contribution in [0.4, 0.5) is 23.2 Å². The van der Waals surface area contributed by atoms with Crippen LogP contribution in [0.25, 0.3) is 0 Å². The molecule has 1 saturated carbocycles. The van der Waals surface area contributed by atoms with Gasteiger partial charge in [0.1, 0.15) is 6.54 Å². The fourth-order valence-corrected chi connectivity index (χ4v) is 4.10. The highest BCUT2D eigenvalue weighted by atomic mass is 19.3. The molecule has 2 atom stereocenters. The second kappa shape index (κ2) is 6.22. The van der Waals surface area contributed by atoms with Gasteiger partial charge in [0.2, 0.25) is 11.8 Å². The number of carbonyl (C=O) groups is 2. The molecule has 0 aromatic heterocycles. The Morgan fingerprint density at radius 3 is 2.65 bits per heavy atom. The molecule has 2 amide bonds. The van der Waals surface area contributed by atoms with Crippen molar-refractivity contribution in [2.75, 3.05) is 18.6 Å². The van der Waals surface area contributed by atoms with E-state index < -0.39 is 59.4 Å². The number of nitrogens with zero attached hydrogens (tertiary/aromatic N) is 1. The molecule has 9 heteroatoms. The molecule has 1 aromatic rings. The van der Waals surface area contributed by atoms with E-state index >= 15 is 0 Å². The number of halogens is 4. The quantitative estimate of drug-likeness (QED) is 0.823. The fourth-order valence-electron chi connectivity index (χ4n) is 4.10. The van der Waals surface area contributed by atoms with Crippen LogP contribution in [0, 0.1) is 17.6 Å². The molecular weight excluding hydrogens is 356 g/mol. The molecule has 0 spiro atoms. The Hall–Kier alpha value is -2.16. The molecule has 0 saturated heterocycles. The predicted molar refractivity (Wildman–Crippen MR) is 83.5 cm³/mol. The van der Waals surface area contributed by atoms with Crippen molar-refractivity contribution in [1.29, 1.82) is 0 Å². The Morgan fingerprint density at radius 1 is 1.38 bits per heavy atom. The van der Waals surface area contributed by atoms with Gasteiger partial charge in [-0.1, -0.05) is 0 Å². The number of benzene rings is 1. The number of alkyl halides is 2. The number of primary amides is 1. The van der Waals surface area contributed by atoms with Crippen molar-refractivity contribution in [3.05, 3.63) is 29.3 Å². The fraction of sp³-hybridized carbons (Fsp3) is 0.529. The number of fused-ring (bicyclic) bond motifs is 1. The largest absolute Gasteiger partial charge is 0.368 e. The highest BCUT2D eigenvalue weighted by molar-refractivity contribution is 6.10. The summed E-state index contributed by atoms with van der Waals surface area (Å²) in [5, 5.41) is 0. The van der Waals surface area contributed by atoms with Crippen LogP contribution in [0.1, 0.15) is 31.2 Å². The number of methoxy groups -OCH3 is 1. The van der Waals surface area contributed by atoms with E-state index in [-0.39, 0.29) is 24.9 Å². The van der Waals surface area contributed by atoms with E-state index in [0.717, 1.165) is 24.1 Å². The van der Waals surface area contributed by atoms with Crippen molar-refractivity contribution in [3.63, 3.8) is 0 Å². The summed E-state index contributed by atoms with van der Waals surface area (Å²) >= 11 is 0. The Labute approximate surface area is 147 Å². The van der Waals surface area contributed by atoms with Crippen LogP contribution >= 0.6 is 0 Å². The van der Waals surface area contributed by atoms with Gasteiger partial charge in [-0.05, 0) is 25.0 Å². The molecule has 1 heterocycles. The number of anilines is 1. The summed E-state index contributed by atoms with van der Waals surface area (Å²) in [6.45, 7) is -0.592. The number of rotatable bonds is 4. The number of nitrogens with two attached hydrogens (primary N) is 1. The van der Waals surface area contributed by atoms with Crippen LogP contribution in [0.2, 0.25) is 0 Å². The van der Waals surface area contributed by atoms with E-state index in [0.29, 0.717) is 0 Å². The topological polar surface area (TPSA) is 72.6 Å². The van der Waals surface area contributed by atoms with Gasteiger partial charge in [-0.2, -0.15) is 0 Å². The van der Waals surface area contributed by atoms with Gasteiger partial charge in [-0.15, -0.1) is 0 Å². The molecule has 0 radical (unpaired) electrons. The van der Waals surface area contributed by atoms with Gasteiger partial charge in [0.15, 0.2) is 17.2 Å². The van der Waals surface area contributed by atoms with Gasteiger partial charge in [-0.25, -0.2) is 17.6 Å². The third-order valence-corrected chi connectivity index (χ3v) is 5.15. The molecule has 0 bridgehead atoms. The summed E-state index contributed by atoms with van der Waals surface area (Å²) in [4.78, 5) is 25.3. The Morgan fingerprint density at radius 2 is 2.08 bits per heavy atom. The molecule has 1 fully saturated rings. The van der Waals surface area contributed by atoms with Crippen molar-refractivity contribution in [3.8, 4) is 0 Å². The SMILES string of the molecule is CO[C@@]1([C@H]2CCCC(F)(F)C2)C(=O)N(CC(N)=O)c2ccc(F)c(F)c21. The molecular formula is C17H18F4N2O3. The first kappa shape index (κ1) is 18.6. The molecule has 5 nitrogen and oxygen atoms in total. The number of hydrogen-bond donors (Lipinski definition) is 1. The first-order valence-electron chi connectivity index (χ1n) is 8.16. The monoisotopic (exact) mass is 374 g/mol. The van der Waals surface area contributed by atoms with E-state index in [4.69, 9.17) is 10.5 Å². The standard InChI is InChI=1S/C17H18F4N2O3/c1-26-17(9-3-2-6-16(20,21)7-9)13-11(5-4-10(18)14(13)19)23(15(17)25)8-12(22)24/h4-5,9H,2-3,6-8H2,1H3,(H2,22,24)/t9-,17+/m0/s1. The molecule has 1 aliphatic carbocycles. The minimum absolute atomic E-state index is 0.0940. The molecule has 2 N–H and O–H groups in total. The molecule has 3 rings (SSSR count). The maximum Gasteiger partial charge on any atom is 0.264 e. The predicted octanol–water partition coefficient (Wildman–Crippen LogP) is 2.46. The Bertz CT molecular complexity index is 771. The molecule has 142 valence electrons. The third-order valence-electron chi connectivity index (χ3n) is 5.15. The summed E-state index contributed by atoms with van der Waals surface area (Å²) in [5.41, 5.74) is 2.48. The van der Waals surface area contributed by atoms with E-state index in [9.17, 15) is 27.2 Å². The zero-order valence-corrected chi connectivity index (χ0v) is 14.0. The maximum absolute atomic E-state index is 14.7. The normalized spacial score (nSPS) is 27.5. The average Bonchev–Trinajstić information content (AvgIpc) is 2.79. The maximum atomic E-state index is 14.7. The summed E-state index contributed by atoms with van der Waals surface area (Å²) in [6.07, 6.45) is -0.763. The number of hydrogen-bond acceptors (Lipinski definition) is 3. The van der Waals surface area contributed by atoms with Gasteiger partial charge in [0, 0.05) is 25.9 Å². The summed E-state index contributed by atoms with van der Waals surface area (Å²) in [7, 11) is 1.09. The first-order valence-corrected chi connectivity index (χ1v) is 8.16. The highest BCUT2D eigenvalue weighted by Crippen LogP contribution is 2.54. The zero-order valence-electron chi connectivity index (χ0n) is 14.0. The molecule has 2 aliphatic rings. The van der Waals surface area contributed by atoms with Crippen molar-refractivity contribution in [2.24, 2.45) is 11.7 Å². The lowest BCUT2D eigenvalue weighted by Gasteiger charge is -2.40. The van der Waals surface area contributed by atoms with Crippen molar-refractivity contribution in [1.82, 2.24) is 0 Å². The number of carbonyl (C=O) groups excluding carboxylic acids is 2. The third kappa shape index (κ3) is 2.65. The molecule has 1 aliphatic heterocycles. The summed E-state index contributed by atoms with van der Waals surface area (Å²) < 4.78 is 61.9. The van der Waals surface area contributed by atoms with E-state index in [1.807, 2.05) is 0 Å². The first-order chi connectivity index (χ1) is 12.1. The van der Waals surface area contributed by atoms with Crippen LogP contribution in [0.3, 0.4) is 0 Å². The van der Waals surface area contributed by atoms with Gasteiger partial charge >= 0.3 is 0 Å². The Kier molecular flexibility index (Phi) is 4.46. The smallest absolute Gasteiger partial charge is 0.264 e. The number of ether oxygens (including phenoxy) is 1. The van der Waals surface area contributed by atoms with Crippen LogP contribution in [-0.4, -0.2) is 31.4 Å². The van der Waals surface area contributed by atoms with Gasteiger partial charge in [-0.3, -0.25) is 14.5 Å². The van der Waals surface area contributed by atoms with Gasteiger partial charge in [0.05, 0.1) is 11.3 Å². The summed E-state index contributed by atoms with van der Waals surface area (Å²) in [5.74, 6) is -8.47. The van der Waals surface area contributed by atoms with Crippen LogP contribution in [-0.2, 0) is 19.9 Å². The van der Waals surface area contributed by atoms with Crippen molar-refractivity contribution in [2.45, 2.75) is 37.2 Å². The molecule has 1 aromatic carbocycles. The minimum Gasteiger partial charge on any atom is -0.368 e. The van der Waals surface area contributed by atoms with Gasteiger partial charge in [0.25, 0.3) is 5.91 Å². The van der Waals surface area contributed by atoms with E-state index in [1.165, 1.54) is 0 Å². The lowest BCUT2D eigenvalue weighted by molar-refractivity contribution is -0.160. The van der Waals surface area contributed by atoms with Crippen molar-refractivity contribution < 1.29 is 31.9 Å². The van der Waals surface area contributed by atoms with Crippen LogP contribution in [0.5, 0.6) is 0 Å². The summed E-state index contributed by atoms with van der Waals surface area (Å²) in [6, 6.07) is 1.92. The molecule has 26 heavy (non-hydrogen) atoms. The molecule has 0 unspecified atom stereocenters. The lowest BCUT2D eigenvalue weighted by atomic mass is 9.72.